The number of para-hydroxylation sites is 1. The molecular weight excluding hydrogens is 238 g/mol. The van der Waals surface area contributed by atoms with E-state index in [0.29, 0.717) is 0 Å². The average Bonchev–Trinajstić information content (AvgIpc) is 2.62. The van der Waals surface area contributed by atoms with Gasteiger partial charge in [-0.25, -0.2) is 4.79 Å². The Kier molecular flexibility index (Phi) is 4.83. The zero-order valence-electron chi connectivity index (χ0n) is 11.6. The molecule has 3 nitrogen and oxygen atoms in total. The van der Waals surface area contributed by atoms with Gasteiger partial charge >= 0.3 is 5.97 Å². The Morgan fingerprint density at radius 2 is 2.16 bits per heavy atom. The third-order valence-corrected chi connectivity index (χ3v) is 3.89. The first-order valence-electron chi connectivity index (χ1n) is 7.31. The highest BCUT2D eigenvalue weighted by molar-refractivity contribution is 5.79. The quantitative estimate of drug-likeness (QED) is 0.882. The number of hydrogen-bond donors (Lipinski definition) is 1. The number of nitrogens with zero attached hydrogens (tertiary/aromatic N) is 1. The maximum Gasteiger partial charge on any atom is 0.326 e. The van der Waals surface area contributed by atoms with Crippen LogP contribution in [0, 0.1) is 0 Å². The molecule has 19 heavy (non-hydrogen) atoms. The lowest BCUT2D eigenvalue weighted by Crippen LogP contribution is -2.42. The molecule has 104 valence electrons. The average molecular weight is 261 g/mol. The summed E-state index contributed by atoms with van der Waals surface area (Å²) in [6, 6.07) is 7.88. The van der Waals surface area contributed by atoms with Gasteiger partial charge in [0.2, 0.25) is 0 Å². The molecule has 1 aromatic carbocycles. The van der Waals surface area contributed by atoms with Gasteiger partial charge in [-0.2, -0.15) is 0 Å². The van der Waals surface area contributed by atoms with E-state index in [4.69, 9.17) is 0 Å². The number of aliphatic carboxylic acids is 1. The van der Waals surface area contributed by atoms with Crippen LogP contribution in [0.5, 0.6) is 0 Å². The maximum absolute atomic E-state index is 11.6. The van der Waals surface area contributed by atoms with Crippen molar-refractivity contribution in [2.45, 2.75) is 51.5 Å². The molecule has 1 aliphatic heterocycles. The number of aryl methyl sites for hydroxylation is 1. The van der Waals surface area contributed by atoms with Crippen molar-refractivity contribution in [2.24, 2.45) is 0 Å². The minimum atomic E-state index is -0.690. The summed E-state index contributed by atoms with van der Waals surface area (Å²) < 4.78 is 0. The first-order valence-corrected chi connectivity index (χ1v) is 7.31. The van der Waals surface area contributed by atoms with Crippen LogP contribution in [0.15, 0.2) is 24.3 Å². The first-order chi connectivity index (χ1) is 9.24. The van der Waals surface area contributed by atoms with Gasteiger partial charge in [-0.15, -0.1) is 0 Å². The fraction of sp³-hybridized carbons (Fsp3) is 0.562. The van der Waals surface area contributed by atoms with Gasteiger partial charge in [0.15, 0.2) is 0 Å². The summed E-state index contributed by atoms with van der Waals surface area (Å²) in [6.07, 6.45) is 6.03. The first kappa shape index (κ1) is 13.9. The van der Waals surface area contributed by atoms with Crippen LogP contribution in [0.2, 0.25) is 0 Å². The van der Waals surface area contributed by atoms with Gasteiger partial charge in [-0.3, -0.25) is 0 Å². The van der Waals surface area contributed by atoms with E-state index in [0.717, 1.165) is 50.8 Å². The molecule has 0 aliphatic carbocycles. The minimum Gasteiger partial charge on any atom is -0.480 e. The van der Waals surface area contributed by atoms with Crippen LogP contribution in [0.3, 0.4) is 0 Å². The third-order valence-electron chi connectivity index (χ3n) is 3.89. The summed E-state index contributed by atoms with van der Waals surface area (Å²) in [5.41, 5.74) is 2.42. The van der Waals surface area contributed by atoms with Gasteiger partial charge in [-0.1, -0.05) is 38.0 Å². The molecule has 2 rings (SSSR count). The Bertz CT molecular complexity index is 431. The summed E-state index contributed by atoms with van der Waals surface area (Å²) in [5, 5.41) is 9.53. The second-order valence-electron chi connectivity index (χ2n) is 5.28. The summed E-state index contributed by atoms with van der Waals surface area (Å²) in [5.74, 6) is -0.690. The molecule has 0 saturated carbocycles. The van der Waals surface area contributed by atoms with Gasteiger partial charge in [0.05, 0.1) is 0 Å². The van der Waals surface area contributed by atoms with Gasteiger partial charge in [0, 0.05) is 12.2 Å². The molecule has 0 fully saturated rings. The summed E-state index contributed by atoms with van der Waals surface area (Å²) >= 11 is 0. The largest absolute Gasteiger partial charge is 0.480 e. The molecule has 0 radical (unpaired) electrons. The van der Waals surface area contributed by atoms with Crippen molar-refractivity contribution in [2.75, 3.05) is 11.4 Å². The molecule has 1 aliphatic rings. The zero-order valence-corrected chi connectivity index (χ0v) is 11.6. The van der Waals surface area contributed by atoms with E-state index < -0.39 is 5.97 Å². The van der Waals surface area contributed by atoms with Crippen molar-refractivity contribution >= 4 is 11.7 Å². The van der Waals surface area contributed by atoms with Crippen molar-refractivity contribution in [1.82, 2.24) is 0 Å². The fourth-order valence-corrected chi connectivity index (χ4v) is 2.85. The van der Waals surface area contributed by atoms with Crippen molar-refractivity contribution in [3.05, 3.63) is 29.8 Å². The van der Waals surface area contributed by atoms with Crippen LogP contribution in [0.4, 0.5) is 5.69 Å². The smallest absolute Gasteiger partial charge is 0.326 e. The number of hydrogen-bond acceptors (Lipinski definition) is 2. The van der Waals surface area contributed by atoms with Crippen molar-refractivity contribution in [3.8, 4) is 0 Å². The predicted octanol–water partition coefficient (Wildman–Crippen LogP) is 3.47. The molecule has 0 amide bonds. The molecule has 0 saturated heterocycles. The molecule has 1 atom stereocenters. The summed E-state index contributed by atoms with van der Waals surface area (Å²) in [7, 11) is 0. The lowest BCUT2D eigenvalue weighted by atomic mass is 10.0. The zero-order chi connectivity index (χ0) is 13.7. The summed E-state index contributed by atoms with van der Waals surface area (Å²) in [4.78, 5) is 13.7. The summed E-state index contributed by atoms with van der Waals surface area (Å²) in [6.45, 7) is 2.97. The Hall–Kier alpha value is -1.51. The predicted molar refractivity (Wildman–Crippen MR) is 77.7 cm³/mol. The highest BCUT2D eigenvalue weighted by Gasteiger charge is 2.27. The third kappa shape index (κ3) is 3.28. The van der Waals surface area contributed by atoms with Crippen LogP contribution in [-0.2, 0) is 11.2 Å². The molecule has 1 N–H and O–H groups in total. The molecule has 1 unspecified atom stereocenters. The van der Waals surface area contributed by atoms with Crippen LogP contribution in [0.1, 0.15) is 44.6 Å². The number of fused-ring (bicyclic) bond motifs is 1. The van der Waals surface area contributed by atoms with Crippen molar-refractivity contribution in [3.63, 3.8) is 0 Å². The van der Waals surface area contributed by atoms with E-state index in [1.807, 2.05) is 12.1 Å². The number of anilines is 1. The molecule has 0 spiro atoms. The number of carbonyl (C=O) groups is 1. The number of carboxylic acids is 1. The molecule has 1 aromatic rings. The van der Waals surface area contributed by atoms with Gasteiger partial charge < -0.3 is 10.0 Å². The lowest BCUT2D eigenvalue weighted by molar-refractivity contribution is -0.138. The van der Waals surface area contributed by atoms with E-state index in [-0.39, 0.29) is 6.04 Å². The number of rotatable bonds is 5. The normalized spacial score (nSPS) is 16.6. The molecule has 0 aromatic heterocycles. The maximum atomic E-state index is 11.6. The van der Waals surface area contributed by atoms with E-state index in [9.17, 15) is 9.90 Å². The SMILES string of the molecule is CCCCC(C(=O)O)N1CCCCc2ccccc21. The second-order valence-corrected chi connectivity index (χ2v) is 5.28. The van der Waals surface area contributed by atoms with Gasteiger partial charge in [0.1, 0.15) is 6.04 Å². The highest BCUT2D eigenvalue weighted by atomic mass is 16.4. The van der Waals surface area contributed by atoms with E-state index in [1.54, 1.807) is 0 Å². The lowest BCUT2D eigenvalue weighted by Gasteiger charge is -2.31. The van der Waals surface area contributed by atoms with E-state index >= 15 is 0 Å². The molecular formula is C16H23NO2. The van der Waals surface area contributed by atoms with Crippen LogP contribution in [-0.4, -0.2) is 23.7 Å². The fourth-order valence-electron chi connectivity index (χ4n) is 2.85. The van der Waals surface area contributed by atoms with Gasteiger partial charge in [-0.05, 0) is 37.3 Å². The van der Waals surface area contributed by atoms with Crippen molar-refractivity contribution in [1.29, 1.82) is 0 Å². The van der Waals surface area contributed by atoms with Gasteiger partial charge in [0.25, 0.3) is 0 Å². The minimum absolute atomic E-state index is 0.376. The molecule has 0 bridgehead atoms. The second kappa shape index (κ2) is 6.60. The number of benzene rings is 1. The Balaban J connectivity index is 2.28. The Labute approximate surface area is 115 Å². The van der Waals surface area contributed by atoms with E-state index in [1.165, 1.54) is 5.56 Å². The Morgan fingerprint density at radius 1 is 1.37 bits per heavy atom. The van der Waals surface area contributed by atoms with Crippen LogP contribution < -0.4 is 4.90 Å². The monoisotopic (exact) mass is 261 g/mol. The van der Waals surface area contributed by atoms with Crippen LogP contribution in [0.25, 0.3) is 0 Å². The Morgan fingerprint density at radius 3 is 2.89 bits per heavy atom. The van der Waals surface area contributed by atoms with E-state index in [2.05, 4.69) is 24.0 Å². The molecule has 1 heterocycles. The topological polar surface area (TPSA) is 40.5 Å². The molecule has 3 heteroatoms. The number of carboxylic acid groups (broad SMARTS) is 1. The van der Waals surface area contributed by atoms with Crippen LogP contribution >= 0.6 is 0 Å². The standard InChI is InChI=1S/C16H23NO2/c1-2-3-10-15(16(18)19)17-12-7-6-9-13-8-4-5-11-14(13)17/h4-5,8,11,15H,2-3,6-7,9-10,12H2,1H3,(H,18,19). The number of unbranched alkanes of at least 4 members (excludes halogenated alkanes) is 1. The highest BCUT2D eigenvalue weighted by Crippen LogP contribution is 2.29. The van der Waals surface area contributed by atoms with Crippen molar-refractivity contribution < 1.29 is 9.90 Å².